The van der Waals surface area contributed by atoms with Crippen LogP contribution in [0.15, 0.2) is 146 Å². The van der Waals surface area contributed by atoms with Crippen LogP contribution in [-0.4, -0.2) is 72.8 Å². The van der Waals surface area contributed by atoms with Crippen molar-refractivity contribution in [3.8, 4) is 5.75 Å². The Morgan fingerprint density at radius 2 is 1.17 bits per heavy atom. The Labute approximate surface area is 441 Å². The van der Waals surface area contributed by atoms with E-state index in [-0.39, 0.29) is 58.0 Å². The molecule has 1 fully saturated rings. The standard InChI is InChI=1S/C61H74F2N2O10/c1-6-54-44(3)55(71-39-46-23-13-9-14-24-46)56(72-40-47-25-15-10-16-26-47)60(4,75-54)61(62,63)36-22-8-7-21-31-51(65-59(69)74-42-49-29-19-12-20-30-49)57(67)64-52(38-45-32-34-50(70-5)35-33-45)53(66)37-43(2)58(68)73-41-48-27-17-11-18-28-48/h9-20,23-30,32-35,43-44,51-52,54-56H,6-8,21-22,31,36-42H2,1-5H3,(H,64,67)(H,65,69)/t43-,44+,51+,52+,54-,55+,56-,60-/m1/s1. The second-order valence-electron chi connectivity index (χ2n) is 19.7. The summed E-state index contributed by atoms with van der Waals surface area (Å²) < 4.78 is 70.0. The van der Waals surface area contributed by atoms with E-state index in [0.29, 0.717) is 37.0 Å². The van der Waals surface area contributed by atoms with Crippen molar-refractivity contribution in [2.24, 2.45) is 11.8 Å². The topological polar surface area (TPSA) is 148 Å². The number of alkyl halides is 2. The summed E-state index contributed by atoms with van der Waals surface area (Å²) in [7, 11) is 1.54. The number of nitrogens with one attached hydrogen (secondary N) is 2. The van der Waals surface area contributed by atoms with Crippen LogP contribution in [0.3, 0.4) is 0 Å². The molecule has 5 aromatic carbocycles. The Morgan fingerprint density at radius 3 is 1.72 bits per heavy atom. The lowest BCUT2D eigenvalue weighted by atomic mass is 9.76. The highest BCUT2D eigenvalue weighted by molar-refractivity contribution is 5.93. The van der Waals surface area contributed by atoms with Gasteiger partial charge in [0.15, 0.2) is 11.4 Å². The Bertz CT molecular complexity index is 2500. The largest absolute Gasteiger partial charge is 0.497 e. The molecule has 14 heteroatoms. The van der Waals surface area contributed by atoms with Crippen LogP contribution in [0.2, 0.25) is 0 Å². The number of amides is 2. The van der Waals surface area contributed by atoms with Gasteiger partial charge in [-0.15, -0.1) is 0 Å². The van der Waals surface area contributed by atoms with Crippen LogP contribution in [0.4, 0.5) is 13.6 Å². The Morgan fingerprint density at radius 1 is 0.653 bits per heavy atom. The first-order chi connectivity index (χ1) is 36.2. The van der Waals surface area contributed by atoms with Gasteiger partial charge in [0.05, 0.1) is 44.5 Å². The SMILES string of the molecule is CC[C@H]1O[C@@](C)(C(F)(F)CCCCCC[C@H](NC(=O)OCc2ccccc2)C(=O)N[C@@H](Cc2ccc(OC)cc2)C(=O)C[C@@H](C)C(=O)OCc2ccccc2)[C@H](OCc2ccccc2)[C@@H](OCc2ccccc2)[C@H]1C. The van der Waals surface area contributed by atoms with Gasteiger partial charge < -0.3 is 39.1 Å². The maximum Gasteiger partial charge on any atom is 0.408 e. The number of carbonyl (C=O) groups excluding carboxylic acids is 4. The van der Waals surface area contributed by atoms with E-state index in [9.17, 15) is 19.2 Å². The Kier molecular flexibility index (Phi) is 22.3. The third-order valence-electron chi connectivity index (χ3n) is 14.0. The zero-order chi connectivity index (χ0) is 53.6. The van der Waals surface area contributed by atoms with Crippen LogP contribution in [-0.2, 0) is 70.9 Å². The van der Waals surface area contributed by atoms with Gasteiger partial charge >= 0.3 is 12.1 Å². The maximum atomic E-state index is 17.1. The third kappa shape index (κ3) is 17.3. The smallest absolute Gasteiger partial charge is 0.408 e. The summed E-state index contributed by atoms with van der Waals surface area (Å²) in [4.78, 5) is 54.8. The number of alkyl carbamates (subject to hydrolysis) is 1. The van der Waals surface area contributed by atoms with Crippen molar-refractivity contribution in [3.63, 3.8) is 0 Å². The molecule has 0 unspecified atom stereocenters. The molecule has 1 saturated heterocycles. The molecule has 1 heterocycles. The van der Waals surface area contributed by atoms with E-state index >= 15 is 8.78 Å². The Balaban J connectivity index is 1.13. The summed E-state index contributed by atoms with van der Waals surface area (Å²) in [5.74, 6) is -5.42. The number of unbranched alkanes of at least 4 members (excludes halogenated alkanes) is 3. The van der Waals surface area contributed by atoms with Crippen LogP contribution < -0.4 is 15.4 Å². The summed E-state index contributed by atoms with van der Waals surface area (Å²) >= 11 is 0. The van der Waals surface area contributed by atoms with Crippen LogP contribution in [0.1, 0.15) is 107 Å². The van der Waals surface area contributed by atoms with E-state index in [1.54, 1.807) is 50.4 Å². The maximum absolute atomic E-state index is 17.1. The lowest BCUT2D eigenvalue weighted by molar-refractivity contribution is -0.332. The molecule has 1 aliphatic rings. The van der Waals surface area contributed by atoms with Gasteiger partial charge in [0, 0.05) is 18.8 Å². The molecule has 75 heavy (non-hydrogen) atoms. The monoisotopic (exact) mass is 1030 g/mol. The molecule has 12 nitrogen and oxygen atoms in total. The van der Waals surface area contributed by atoms with Gasteiger partial charge in [-0.1, -0.05) is 173 Å². The first-order valence-electron chi connectivity index (χ1n) is 26.2. The summed E-state index contributed by atoms with van der Waals surface area (Å²) in [5, 5.41) is 5.56. The predicted molar refractivity (Wildman–Crippen MR) is 283 cm³/mol. The van der Waals surface area contributed by atoms with E-state index < -0.39 is 78.0 Å². The number of ether oxygens (including phenoxy) is 6. The molecule has 5 aromatic rings. The molecule has 0 saturated carbocycles. The number of ketones is 1. The molecular formula is C61H74F2N2O10. The van der Waals surface area contributed by atoms with Crippen LogP contribution in [0.5, 0.6) is 5.75 Å². The van der Waals surface area contributed by atoms with Crippen molar-refractivity contribution < 1.29 is 56.4 Å². The van der Waals surface area contributed by atoms with Crippen molar-refractivity contribution in [3.05, 3.63) is 173 Å². The number of methoxy groups -OCH3 is 1. The van der Waals surface area contributed by atoms with Gasteiger partial charge in [0.25, 0.3) is 5.92 Å². The number of benzene rings is 5. The number of hydrogen-bond acceptors (Lipinski definition) is 10. The summed E-state index contributed by atoms with van der Waals surface area (Å²) in [6, 6.07) is 42.1. The average Bonchev–Trinajstić information content (AvgIpc) is 3.43. The fourth-order valence-corrected chi connectivity index (χ4v) is 9.45. The number of Topliss-reactive ketones (excluding diaryl/α,β-unsaturated/α-hetero) is 1. The number of rotatable bonds is 29. The molecular weight excluding hydrogens is 959 g/mol. The van der Waals surface area contributed by atoms with Gasteiger partial charge in [-0.05, 0) is 72.6 Å². The average molecular weight is 1030 g/mol. The van der Waals surface area contributed by atoms with E-state index in [2.05, 4.69) is 10.6 Å². The summed E-state index contributed by atoms with van der Waals surface area (Å²) in [5.41, 5.74) is 1.98. The van der Waals surface area contributed by atoms with Crippen molar-refractivity contribution in [1.82, 2.24) is 10.6 Å². The summed E-state index contributed by atoms with van der Waals surface area (Å²) in [6.07, 6.45) is -1.86. The molecule has 0 spiro atoms. The van der Waals surface area contributed by atoms with Crippen molar-refractivity contribution >= 4 is 23.8 Å². The van der Waals surface area contributed by atoms with Gasteiger partial charge in [-0.25, -0.2) is 13.6 Å². The molecule has 1 aliphatic heterocycles. The van der Waals surface area contributed by atoms with Crippen LogP contribution in [0.25, 0.3) is 0 Å². The number of halogens is 2. The van der Waals surface area contributed by atoms with Crippen molar-refractivity contribution in [2.75, 3.05) is 7.11 Å². The van der Waals surface area contributed by atoms with Crippen molar-refractivity contribution in [1.29, 1.82) is 0 Å². The second-order valence-corrected chi connectivity index (χ2v) is 19.7. The zero-order valence-electron chi connectivity index (χ0n) is 43.9. The highest BCUT2D eigenvalue weighted by atomic mass is 19.3. The molecule has 402 valence electrons. The number of carbonyl (C=O) groups is 4. The molecule has 2 amide bonds. The molecule has 8 atom stereocenters. The normalized spacial score (nSPS) is 19.7. The molecule has 0 bridgehead atoms. The molecule has 6 rings (SSSR count). The molecule has 0 radical (unpaired) electrons. The number of hydrogen-bond donors (Lipinski definition) is 2. The van der Waals surface area contributed by atoms with Gasteiger partial charge in [0.2, 0.25) is 5.91 Å². The van der Waals surface area contributed by atoms with E-state index in [0.717, 1.165) is 22.3 Å². The third-order valence-corrected chi connectivity index (χ3v) is 14.0. The molecule has 2 N–H and O–H groups in total. The van der Waals surface area contributed by atoms with Gasteiger partial charge in [0.1, 0.15) is 31.1 Å². The highest BCUT2D eigenvalue weighted by Crippen LogP contribution is 2.48. The first-order valence-corrected chi connectivity index (χ1v) is 26.2. The lowest BCUT2D eigenvalue weighted by Crippen LogP contribution is -2.68. The lowest BCUT2D eigenvalue weighted by Gasteiger charge is -2.53. The van der Waals surface area contributed by atoms with E-state index in [1.165, 1.54) is 6.92 Å². The minimum Gasteiger partial charge on any atom is -0.497 e. The second kappa shape index (κ2) is 29.0. The highest BCUT2D eigenvalue weighted by Gasteiger charge is 2.63. The fraction of sp³-hybridized carbons (Fsp3) is 0.443. The predicted octanol–water partition coefficient (Wildman–Crippen LogP) is 11.7. The van der Waals surface area contributed by atoms with E-state index in [1.807, 2.05) is 123 Å². The number of esters is 1. The quantitative estimate of drug-likeness (QED) is 0.0350. The first kappa shape index (κ1) is 57.8. The Hall–Kier alpha value is -6.48. The molecule has 0 aliphatic carbocycles. The van der Waals surface area contributed by atoms with Crippen molar-refractivity contribution in [2.45, 2.75) is 154 Å². The molecule has 0 aromatic heterocycles. The summed E-state index contributed by atoms with van der Waals surface area (Å²) in [6.45, 7) is 7.26. The van der Waals surface area contributed by atoms with E-state index in [4.69, 9.17) is 28.4 Å². The van der Waals surface area contributed by atoms with Crippen LogP contribution >= 0.6 is 0 Å². The minimum atomic E-state index is -3.34. The fourth-order valence-electron chi connectivity index (χ4n) is 9.45. The zero-order valence-corrected chi connectivity index (χ0v) is 43.9. The van der Waals surface area contributed by atoms with Crippen LogP contribution in [0, 0.1) is 11.8 Å². The minimum absolute atomic E-state index is 0.0446. The van der Waals surface area contributed by atoms with Gasteiger partial charge in [-0.3, -0.25) is 14.4 Å². The van der Waals surface area contributed by atoms with Gasteiger partial charge in [-0.2, -0.15) is 0 Å².